The molecule has 1 aliphatic heterocycles. The van der Waals surface area contributed by atoms with Gasteiger partial charge >= 0.3 is 0 Å². The molecule has 2 nitrogen and oxygen atoms in total. The van der Waals surface area contributed by atoms with Crippen LogP contribution < -0.4 is 5.32 Å². The highest BCUT2D eigenvalue weighted by molar-refractivity contribution is 5.17. The Hall–Kier alpha value is -0.960. The molecule has 1 aromatic rings. The van der Waals surface area contributed by atoms with E-state index in [1.165, 1.54) is 6.20 Å². The summed E-state index contributed by atoms with van der Waals surface area (Å²) in [6.07, 6.45) is 4.08. The van der Waals surface area contributed by atoms with Gasteiger partial charge in [0.2, 0.25) is 0 Å². The summed E-state index contributed by atoms with van der Waals surface area (Å²) in [5, 5.41) is 3.24. The van der Waals surface area contributed by atoms with E-state index in [2.05, 4.69) is 10.3 Å². The second kappa shape index (κ2) is 3.19. The Morgan fingerprint density at radius 2 is 2.42 bits per heavy atom. The normalized spacial score (nSPS) is 22.9. The maximum atomic E-state index is 12.7. The minimum atomic E-state index is -0.237. The van der Waals surface area contributed by atoms with Gasteiger partial charge in [0.05, 0.1) is 6.20 Å². The fourth-order valence-corrected chi connectivity index (χ4v) is 1.59. The van der Waals surface area contributed by atoms with E-state index in [0.29, 0.717) is 5.92 Å². The van der Waals surface area contributed by atoms with Crippen molar-refractivity contribution in [2.75, 3.05) is 13.1 Å². The van der Waals surface area contributed by atoms with Crippen LogP contribution in [-0.2, 0) is 0 Å². The summed E-state index contributed by atoms with van der Waals surface area (Å²) in [6.45, 7) is 1.98. The van der Waals surface area contributed by atoms with Crippen LogP contribution in [0.5, 0.6) is 0 Å². The van der Waals surface area contributed by atoms with Gasteiger partial charge in [-0.1, -0.05) is 0 Å². The molecule has 0 saturated carbocycles. The van der Waals surface area contributed by atoms with Crippen molar-refractivity contribution in [1.82, 2.24) is 10.3 Å². The number of aromatic nitrogens is 1. The van der Waals surface area contributed by atoms with Crippen LogP contribution in [0.1, 0.15) is 17.9 Å². The van der Waals surface area contributed by atoms with Gasteiger partial charge in [0, 0.05) is 12.7 Å². The molecule has 1 atom stereocenters. The number of nitrogens with zero attached hydrogens (tertiary/aromatic N) is 1. The van der Waals surface area contributed by atoms with E-state index >= 15 is 0 Å². The Balaban J connectivity index is 2.21. The smallest absolute Gasteiger partial charge is 0.141 e. The van der Waals surface area contributed by atoms with Crippen molar-refractivity contribution < 1.29 is 4.39 Å². The van der Waals surface area contributed by atoms with Crippen molar-refractivity contribution in [3.8, 4) is 0 Å². The number of rotatable bonds is 1. The average molecular weight is 166 g/mol. The van der Waals surface area contributed by atoms with Gasteiger partial charge in [-0.3, -0.25) is 4.98 Å². The zero-order valence-corrected chi connectivity index (χ0v) is 6.76. The Kier molecular flexibility index (Phi) is 2.04. The molecule has 0 aromatic carbocycles. The number of nitrogens with one attached hydrogen (secondary N) is 1. The number of hydrogen-bond acceptors (Lipinski definition) is 2. The van der Waals surface area contributed by atoms with E-state index in [-0.39, 0.29) is 5.82 Å². The molecule has 1 fully saturated rings. The van der Waals surface area contributed by atoms with Crippen molar-refractivity contribution in [2.45, 2.75) is 12.3 Å². The van der Waals surface area contributed by atoms with Gasteiger partial charge in [-0.2, -0.15) is 0 Å². The Bertz CT molecular complexity index is 269. The zero-order valence-electron chi connectivity index (χ0n) is 6.76. The lowest BCUT2D eigenvalue weighted by Crippen LogP contribution is -2.08. The van der Waals surface area contributed by atoms with Crippen LogP contribution in [0, 0.1) is 5.82 Å². The van der Waals surface area contributed by atoms with Crippen molar-refractivity contribution in [3.63, 3.8) is 0 Å². The van der Waals surface area contributed by atoms with Gasteiger partial charge in [0.15, 0.2) is 0 Å². The molecule has 2 heterocycles. The van der Waals surface area contributed by atoms with Gasteiger partial charge < -0.3 is 5.32 Å². The Morgan fingerprint density at radius 1 is 1.50 bits per heavy atom. The van der Waals surface area contributed by atoms with Crippen LogP contribution >= 0.6 is 0 Å². The van der Waals surface area contributed by atoms with E-state index in [4.69, 9.17) is 0 Å². The van der Waals surface area contributed by atoms with E-state index in [9.17, 15) is 4.39 Å². The molecule has 0 radical (unpaired) electrons. The quantitative estimate of drug-likeness (QED) is 0.680. The number of hydrogen-bond donors (Lipinski definition) is 1. The molecule has 2 rings (SSSR count). The molecule has 0 unspecified atom stereocenters. The third-order valence-corrected chi connectivity index (χ3v) is 2.26. The van der Waals surface area contributed by atoms with E-state index < -0.39 is 0 Å². The van der Waals surface area contributed by atoms with Crippen molar-refractivity contribution in [1.29, 1.82) is 0 Å². The standard InChI is InChI=1S/C9H11FN2/c10-9-3-8(5-12-6-9)7-1-2-11-4-7/h3,5-7,11H,1-2,4H2/t7-/m1/s1. The fourth-order valence-electron chi connectivity index (χ4n) is 1.59. The highest BCUT2D eigenvalue weighted by atomic mass is 19.1. The molecule has 1 N–H and O–H groups in total. The lowest BCUT2D eigenvalue weighted by Gasteiger charge is -2.06. The van der Waals surface area contributed by atoms with Crippen molar-refractivity contribution >= 4 is 0 Å². The summed E-state index contributed by atoms with van der Waals surface area (Å²) in [5.74, 6) is 0.215. The third kappa shape index (κ3) is 1.46. The van der Waals surface area contributed by atoms with Crippen molar-refractivity contribution in [3.05, 3.63) is 29.8 Å². The fraction of sp³-hybridized carbons (Fsp3) is 0.444. The topological polar surface area (TPSA) is 24.9 Å². The predicted molar refractivity (Wildman–Crippen MR) is 44.4 cm³/mol. The molecule has 0 bridgehead atoms. The first-order valence-electron chi connectivity index (χ1n) is 4.17. The summed E-state index contributed by atoms with van der Waals surface area (Å²) in [4.78, 5) is 3.83. The van der Waals surface area contributed by atoms with Crippen molar-refractivity contribution in [2.24, 2.45) is 0 Å². The van der Waals surface area contributed by atoms with Crippen LogP contribution in [0.2, 0.25) is 0 Å². The summed E-state index contributed by atoms with van der Waals surface area (Å²) >= 11 is 0. The maximum Gasteiger partial charge on any atom is 0.141 e. The minimum Gasteiger partial charge on any atom is -0.316 e. The van der Waals surface area contributed by atoms with Crippen LogP contribution in [0.25, 0.3) is 0 Å². The average Bonchev–Trinajstić information content (AvgIpc) is 2.56. The van der Waals surface area contributed by atoms with Crippen LogP contribution in [0.4, 0.5) is 4.39 Å². The Morgan fingerprint density at radius 3 is 3.08 bits per heavy atom. The number of pyridine rings is 1. The van der Waals surface area contributed by atoms with Gasteiger partial charge in [-0.25, -0.2) is 4.39 Å². The van der Waals surface area contributed by atoms with Crippen LogP contribution in [0.15, 0.2) is 18.5 Å². The molecular weight excluding hydrogens is 155 g/mol. The molecule has 1 saturated heterocycles. The van der Waals surface area contributed by atoms with Crippen LogP contribution in [-0.4, -0.2) is 18.1 Å². The molecule has 0 aliphatic carbocycles. The van der Waals surface area contributed by atoms with Gasteiger partial charge in [0.1, 0.15) is 5.82 Å². The summed E-state index contributed by atoms with van der Waals surface area (Å²) in [7, 11) is 0. The lowest BCUT2D eigenvalue weighted by atomic mass is 10.0. The molecule has 1 aromatic heterocycles. The lowest BCUT2D eigenvalue weighted by molar-refractivity contribution is 0.613. The second-order valence-corrected chi connectivity index (χ2v) is 3.13. The second-order valence-electron chi connectivity index (χ2n) is 3.13. The molecule has 12 heavy (non-hydrogen) atoms. The third-order valence-electron chi connectivity index (χ3n) is 2.26. The minimum absolute atomic E-state index is 0.237. The number of halogens is 1. The summed E-state index contributed by atoms with van der Waals surface area (Å²) in [5.41, 5.74) is 1.01. The highest BCUT2D eigenvalue weighted by Gasteiger charge is 2.16. The highest BCUT2D eigenvalue weighted by Crippen LogP contribution is 2.21. The summed E-state index contributed by atoms with van der Waals surface area (Å²) < 4.78 is 12.7. The van der Waals surface area contributed by atoms with Gasteiger partial charge in [-0.15, -0.1) is 0 Å². The van der Waals surface area contributed by atoms with Gasteiger partial charge in [0.25, 0.3) is 0 Å². The van der Waals surface area contributed by atoms with E-state index in [0.717, 1.165) is 25.1 Å². The summed E-state index contributed by atoms with van der Waals surface area (Å²) in [6, 6.07) is 1.57. The first-order valence-corrected chi connectivity index (χ1v) is 4.17. The molecule has 0 spiro atoms. The molecule has 0 amide bonds. The first kappa shape index (κ1) is 7.68. The maximum absolute atomic E-state index is 12.7. The first-order chi connectivity index (χ1) is 5.86. The monoisotopic (exact) mass is 166 g/mol. The van der Waals surface area contributed by atoms with Crippen LogP contribution in [0.3, 0.4) is 0 Å². The van der Waals surface area contributed by atoms with E-state index in [1.54, 1.807) is 12.3 Å². The van der Waals surface area contributed by atoms with Gasteiger partial charge in [-0.05, 0) is 30.5 Å². The molecular formula is C9H11FN2. The molecule has 3 heteroatoms. The molecule has 1 aliphatic rings. The molecule has 64 valence electrons. The Labute approximate surface area is 70.8 Å². The largest absolute Gasteiger partial charge is 0.316 e. The predicted octanol–water partition coefficient (Wildman–Crippen LogP) is 1.30. The van der Waals surface area contributed by atoms with E-state index in [1.807, 2.05) is 0 Å². The SMILES string of the molecule is Fc1cncc([C@@H]2CCNC2)c1. The zero-order chi connectivity index (χ0) is 8.39.